The molecule has 0 amide bonds. The molecule has 6 nitrogen and oxygen atoms in total. The van der Waals surface area contributed by atoms with Crippen molar-refractivity contribution >= 4 is 6.01 Å². The van der Waals surface area contributed by atoms with E-state index in [-0.39, 0.29) is 17.9 Å². The number of aliphatic hydroxyl groups is 1. The van der Waals surface area contributed by atoms with Crippen LogP contribution in [0.3, 0.4) is 0 Å². The predicted molar refractivity (Wildman–Crippen MR) is 88.0 cm³/mol. The highest BCUT2D eigenvalue weighted by Gasteiger charge is 2.28. The van der Waals surface area contributed by atoms with Gasteiger partial charge < -0.3 is 15.3 Å². The molecule has 0 bridgehead atoms. The van der Waals surface area contributed by atoms with Gasteiger partial charge in [0.2, 0.25) is 5.89 Å². The van der Waals surface area contributed by atoms with Crippen LogP contribution in [-0.2, 0) is 0 Å². The van der Waals surface area contributed by atoms with E-state index in [2.05, 4.69) is 34.2 Å². The first-order valence-corrected chi connectivity index (χ1v) is 8.17. The van der Waals surface area contributed by atoms with E-state index in [1.54, 1.807) is 0 Å². The molecule has 1 aliphatic heterocycles. The van der Waals surface area contributed by atoms with Crippen LogP contribution in [0.4, 0.5) is 6.01 Å². The number of nitrogens with two attached hydrogens (primary N) is 1. The number of aromatic nitrogens is 2. The molecule has 1 aromatic heterocycles. The molecule has 3 N–H and O–H groups in total. The van der Waals surface area contributed by atoms with Gasteiger partial charge in [0, 0.05) is 19.0 Å². The Morgan fingerprint density at radius 2 is 2.13 bits per heavy atom. The lowest BCUT2D eigenvalue weighted by molar-refractivity contribution is 0.0773. The van der Waals surface area contributed by atoms with Gasteiger partial charge in [-0.25, -0.2) is 0 Å². The summed E-state index contributed by atoms with van der Waals surface area (Å²) in [5.41, 5.74) is 6.68. The average Bonchev–Trinajstić information content (AvgIpc) is 3.02. The minimum Gasteiger partial charge on any atom is -0.408 e. The lowest BCUT2D eigenvalue weighted by atomic mass is 9.93. The van der Waals surface area contributed by atoms with E-state index >= 15 is 0 Å². The van der Waals surface area contributed by atoms with Crippen LogP contribution in [-0.4, -0.2) is 45.9 Å². The highest BCUT2D eigenvalue weighted by atomic mass is 16.4. The zero-order chi connectivity index (χ0) is 16.2. The highest BCUT2D eigenvalue weighted by molar-refractivity contribution is 5.20. The van der Waals surface area contributed by atoms with Gasteiger partial charge >= 0.3 is 6.01 Å². The summed E-state index contributed by atoms with van der Waals surface area (Å²) in [6, 6.07) is 10.3. The van der Waals surface area contributed by atoms with Crippen molar-refractivity contribution in [1.82, 2.24) is 15.1 Å². The first-order chi connectivity index (χ1) is 11.1. The van der Waals surface area contributed by atoms with Crippen molar-refractivity contribution in [3.63, 3.8) is 0 Å². The number of β-amino-alcohol motifs (C(OH)–C–C–N with tert-alkyl or cyclic N) is 1. The molecule has 0 radical (unpaired) electrons. The number of hydrogen-bond acceptors (Lipinski definition) is 6. The Bertz CT molecular complexity index is 616. The van der Waals surface area contributed by atoms with E-state index in [0.29, 0.717) is 12.4 Å². The van der Waals surface area contributed by atoms with Gasteiger partial charge in [0.25, 0.3) is 0 Å². The van der Waals surface area contributed by atoms with Crippen LogP contribution in [0.5, 0.6) is 0 Å². The van der Waals surface area contributed by atoms with E-state index in [0.717, 1.165) is 25.9 Å². The molecule has 3 unspecified atom stereocenters. The Balaban J connectivity index is 1.59. The minimum absolute atomic E-state index is 0.107. The molecule has 0 spiro atoms. The summed E-state index contributed by atoms with van der Waals surface area (Å²) >= 11 is 0. The van der Waals surface area contributed by atoms with Gasteiger partial charge in [-0.1, -0.05) is 42.4 Å². The minimum atomic E-state index is -0.399. The van der Waals surface area contributed by atoms with Gasteiger partial charge in [0.05, 0.1) is 12.0 Å². The van der Waals surface area contributed by atoms with Crippen molar-refractivity contribution in [2.75, 3.05) is 25.4 Å². The van der Waals surface area contributed by atoms with E-state index in [9.17, 15) is 5.11 Å². The molecule has 1 aliphatic rings. The Hall–Kier alpha value is -1.92. The number of aliphatic hydroxyl groups excluding tert-OH is 1. The summed E-state index contributed by atoms with van der Waals surface area (Å²) in [6.45, 7) is 4.52. The van der Waals surface area contributed by atoms with E-state index in [1.807, 2.05) is 18.2 Å². The van der Waals surface area contributed by atoms with Crippen LogP contribution in [0.1, 0.15) is 43.1 Å². The second kappa shape index (κ2) is 7.10. The van der Waals surface area contributed by atoms with Crippen LogP contribution in [0, 0.1) is 0 Å². The molecule has 2 heterocycles. The molecule has 2 aromatic rings. The Kier molecular flexibility index (Phi) is 4.93. The average molecular weight is 316 g/mol. The van der Waals surface area contributed by atoms with Crippen LogP contribution >= 0.6 is 0 Å². The van der Waals surface area contributed by atoms with Crippen LogP contribution < -0.4 is 5.73 Å². The van der Waals surface area contributed by atoms with Gasteiger partial charge in [0.15, 0.2) is 0 Å². The summed E-state index contributed by atoms with van der Waals surface area (Å²) in [5.74, 6) is 0.918. The van der Waals surface area contributed by atoms with Crippen molar-refractivity contribution in [2.45, 2.75) is 37.7 Å². The predicted octanol–water partition coefficient (Wildman–Crippen LogP) is 2.00. The molecule has 0 aliphatic carbocycles. The molecule has 3 rings (SSSR count). The zero-order valence-corrected chi connectivity index (χ0v) is 13.4. The Labute approximate surface area is 136 Å². The monoisotopic (exact) mass is 316 g/mol. The number of rotatable bonds is 5. The first kappa shape index (κ1) is 16.0. The first-order valence-electron chi connectivity index (χ1n) is 8.17. The van der Waals surface area contributed by atoms with Crippen molar-refractivity contribution < 1.29 is 9.52 Å². The third kappa shape index (κ3) is 3.89. The van der Waals surface area contributed by atoms with E-state index in [1.165, 1.54) is 5.56 Å². The number of likely N-dealkylation sites (tertiary alicyclic amines) is 1. The number of piperidine rings is 1. The second-order valence-electron chi connectivity index (χ2n) is 6.34. The lowest BCUT2D eigenvalue weighted by Crippen LogP contribution is -2.41. The largest absolute Gasteiger partial charge is 0.408 e. The number of benzene rings is 1. The lowest BCUT2D eigenvalue weighted by Gasteiger charge is -2.33. The maximum Gasteiger partial charge on any atom is 0.312 e. The molecular weight excluding hydrogens is 292 g/mol. The van der Waals surface area contributed by atoms with Crippen molar-refractivity contribution in [1.29, 1.82) is 0 Å². The molecule has 1 saturated heterocycles. The summed E-state index contributed by atoms with van der Waals surface area (Å²) in [5, 5.41) is 18.3. The van der Waals surface area contributed by atoms with Crippen LogP contribution in [0.2, 0.25) is 0 Å². The van der Waals surface area contributed by atoms with Gasteiger partial charge in [-0.3, -0.25) is 4.90 Å². The van der Waals surface area contributed by atoms with Gasteiger partial charge in [-0.05, 0) is 24.9 Å². The molecule has 23 heavy (non-hydrogen) atoms. The normalized spacial score (nSPS) is 21.9. The van der Waals surface area contributed by atoms with Crippen molar-refractivity contribution in [3.05, 3.63) is 41.8 Å². The summed E-state index contributed by atoms with van der Waals surface area (Å²) in [4.78, 5) is 2.28. The fourth-order valence-corrected chi connectivity index (χ4v) is 3.24. The smallest absolute Gasteiger partial charge is 0.312 e. The molecular formula is C17H24N4O2. The topological polar surface area (TPSA) is 88.4 Å². The second-order valence-corrected chi connectivity index (χ2v) is 6.34. The number of nitrogens with zero attached hydrogens (tertiary/aromatic N) is 3. The van der Waals surface area contributed by atoms with Crippen LogP contribution in [0.15, 0.2) is 34.7 Å². The van der Waals surface area contributed by atoms with E-state index < -0.39 is 6.10 Å². The highest BCUT2D eigenvalue weighted by Crippen LogP contribution is 2.27. The van der Waals surface area contributed by atoms with Gasteiger partial charge in [-0.15, -0.1) is 5.10 Å². The Morgan fingerprint density at radius 3 is 2.83 bits per heavy atom. The number of hydrogen-bond donors (Lipinski definition) is 2. The molecule has 1 aromatic carbocycles. The van der Waals surface area contributed by atoms with Gasteiger partial charge in [0.1, 0.15) is 0 Å². The fourth-order valence-electron chi connectivity index (χ4n) is 3.24. The number of nitrogen functional groups attached to an aromatic ring is 1. The number of anilines is 1. The maximum atomic E-state index is 10.6. The Morgan fingerprint density at radius 1 is 1.35 bits per heavy atom. The summed E-state index contributed by atoms with van der Waals surface area (Å²) in [7, 11) is 0. The van der Waals surface area contributed by atoms with E-state index in [4.69, 9.17) is 10.2 Å². The maximum absolute atomic E-state index is 10.6. The third-order valence-electron chi connectivity index (χ3n) is 4.66. The van der Waals surface area contributed by atoms with Gasteiger partial charge in [-0.2, -0.15) is 0 Å². The van der Waals surface area contributed by atoms with Crippen molar-refractivity contribution in [2.24, 2.45) is 0 Å². The SMILES string of the molecule is CC(c1ccccc1)C(O)CN1CCCC(c2nnc(N)o2)C1. The quantitative estimate of drug-likeness (QED) is 0.877. The fraction of sp³-hybridized carbons (Fsp3) is 0.529. The van der Waals surface area contributed by atoms with Crippen molar-refractivity contribution in [3.8, 4) is 0 Å². The zero-order valence-electron chi connectivity index (χ0n) is 13.4. The third-order valence-corrected chi connectivity index (χ3v) is 4.66. The summed E-state index contributed by atoms with van der Waals surface area (Å²) in [6.07, 6.45) is 1.67. The standard InChI is InChI=1S/C17H24N4O2/c1-12(13-6-3-2-4-7-13)15(22)11-21-9-5-8-14(10-21)16-19-20-17(18)23-16/h2-4,6-7,12,14-15,22H,5,8-11H2,1H3,(H2,18,20). The molecule has 3 atom stereocenters. The summed E-state index contributed by atoms with van der Waals surface area (Å²) < 4.78 is 5.36. The molecule has 1 fully saturated rings. The molecule has 0 saturated carbocycles. The van der Waals surface area contributed by atoms with Crippen LogP contribution in [0.25, 0.3) is 0 Å². The molecule has 124 valence electrons. The molecule has 6 heteroatoms.